The summed E-state index contributed by atoms with van der Waals surface area (Å²) in [6, 6.07) is 8.84. The van der Waals surface area contributed by atoms with E-state index in [1.165, 1.54) is 18.5 Å². The molecular formula is C14H9FN4. The Hall–Kier alpha value is -2.74. The van der Waals surface area contributed by atoms with Crippen LogP contribution in [-0.4, -0.2) is 14.4 Å². The molecule has 0 aliphatic heterocycles. The Morgan fingerprint density at radius 1 is 1.21 bits per heavy atom. The molecule has 4 nitrogen and oxygen atoms in total. The van der Waals surface area contributed by atoms with Crippen LogP contribution in [-0.2, 0) is 0 Å². The van der Waals surface area contributed by atoms with E-state index in [0.29, 0.717) is 11.3 Å². The third-order valence-electron chi connectivity index (χ3n) is 2.89. The van der Waals surface area contributed by atoms with Crippen LogP contribution in [0.5, 0.6) is 0 Å². The number of rotatable bonds is 1. The first-order valence-electron chi connectivity index (χ1n) is 5.69. The lowest BCUT2D eigenvalue weighted by molar-refractivity contribution is 0.584. The number of halogens is 1. The molecule has 0 aliphatic rings. The summed E-state index contributed by atoms with van der Waals surface area (Å²) < 4.78 is 14.6. The third-order valence-corrected chi connectivity index (χ3v) is 2.89. The van der Waals surface area contributed by atoms with Gasteiger partial charge < -0.3 is 0 Å². The summed E-state index contributed by atoms with van der Waals surface area (Å²) in [6.07, 6.45) is 2.97. The van der Waals surface area contributed by atoms with Gasteiger partial charge in [-0.2, -0.15) is 9.65 Å². The monoisotopic (exact) mass is 252 g/mol. The van der Waals surface area contributed by atoms with Gasteiger partial charge in [-0.1, -0.05) is 0 Å². The number of imidazole rings is 1. The number of hydrogen-bond donors (Lipinski definition) is 0. The van der Waals surface area contributed by atoms with E-state index in [9.17, 15) is 4.39 Å². The minimum Gasteiger partial charge on any atom is -0.284 e. The zero-order valence-electron chi connectivity index (χ0n) is 10.1. The minimum absolute atomic E-state index is 0.439. The average Bonchev–Trinajstić information content (AvgIpc) is 2.81. The van der Waals surface area contributed by atoms with E-state index in [1.807, 2.05) is 19.1 Å². The second-order valence-electron chi connectivity index (χ2n) is 4.24. The van der Waals surface area contributed by atoms with Crippen LogP contribution in [0.25, 0.3) is 16.9 Å². The van der Waals surface area contributed by atoms with Crippen molar-refractivity contribution in [3.05, 3.63) is 53.9 Å². The molecule has 0 radical (unpaired) electrons. The Labute approximate surface area is 108 Å². The summed E-state index contributed by atoms with van der Waals surface area (Å²) in [6.45, 7) is 1.95. The molecule has 5 heteroatoms. The topological polar surface area (TPSA) is 54.0 Å². The van der Waals surface area contributed by atoms with Crippen molar-refractivity contribution in [1.82, 2.24) is 14.4 Å². The SMILES string of the molecule is Cc1cc(-c2ccc(F)nc2)n2c(C#N)cnc2c1. The fourth-order valence-corrected chi connectivity index (χ4v) is 2.07. The zero-order chi connectivity index (χ0) is 13.4. The number of hydrogen-bond acceptors (Lipinski definition) is 3. The molecule has 92 valence electrons. The number of nitrogens with zero attached hydrogens (tertiary/aromatic N) is 4. The molecule has 0 fully saturated rings. The highest BCUT2D eigenvalue weighted by Gasteiger charge is 2.10. The lowest BCUT2D eigenvalue weighted by atomic mass is 10.1. The summed E-state index contributed by atoms with van der Waals surface area (Å²) in [5, 5.41) is 9.12. The van der Waals surface area contributed by atoms with Gasteiger partial charge in [0, 0.05) is 11.8 Å². The number of fused-ring (bicyclic) bond motifs is 1. The maximum absolute atomic E-state index is 12.9. The molecule has 0 bridgehead atoms. The van der Waals surface area contributed by atoms with Crippen LogP contribution in [0.15, 0.2) is 36.7 Å². The van der Waals surface area contributed by atoms with E-state index < -0.39 is 5.95 Å². The Morgan fingerprint density at radius 3 is 2.74 bits per heavy atom. The number of pyridine rings is 2. The Balaban J connectivity index is 2.36. The Kier molecular flexibility index (Phi) is 2.50. The molecule has 0 saturated heterocycles. The molecule has 0 aromatic carbocycles. The standard InChI is InChI=1S/C14H9FN4/c1-9-4-12(10-2-3-13(15)17-7-10)19-11(6-16)8-18-14(19)5-9/h2-5,7-8H,1H3. The van der Waals surface area contributed by atoms with E-state index in [1.54, 1.807) is 10.5 Å². The summed E-state index contributed by atoms with van der Waals surface area (Å²) in [5.41, 5.74) is 3.66. The smallest absolute Gasteiger partial charge is 0.212 e. The van der Waals surface area contributed by atoms with Crippen LogP contribution < -0.4 is 0 Å². The Bertz CT molecular complexity index is 797. The van der Waals surface area contributed by atoms with Crippen LogP contribution in [0, 0.1) is 24.2 Å². The molecular weight excluding hydrogens is 243 g/mol. The summed E-state index contributed by atoms with van der Waals surface area (Å²) in [4.78, 5) is 7.85. The first-order valence-corrected chi connectivity index (χ1v) is 5.69. The van der Waals surface area contributed by atoms with Gasteiger partial charge in [0.1, 0.15) is 17.4 Å². The van der Waals surface area contributed by atoms with Gasteiger partial charge in [-0.15, -0.1) is 0 Å². The molecule has 0 saturated carbocycles. The molecule has 0 atom stereocenters. The molecule has 3 heterocycles. The van der Waals surface area contributed by atoms with Gasteiger partial charge in [-0.05, 0) is 36.8 Å². The minimum atomic E-state index is -0.529. The van der Waals surface area contributed by atoms with E-state index in [0.717, 1.165) is 16.8 Å². The summed E-state index contributed by atoms with van der Waals surface area (Å²) >= 11 is 0. The van der Waals surface area contributed by atoms with Crippen molar-refractivity contribution in [3.8, 4) is 17.3 Å². The Morgan fingerprint density at radius 2 is 2.05 bits per heavy atom. The molecule has 0 N–H and O–H groups in total. The predicted molar refractivity (Wildman–Crippen MR) is 67.8 cm³/mol. The van der Waals surface area contributed by atoms with Gasteiger partial charge in [-0.3, -0.25) is 4.40 Å². The van der Waals surface area contributed by atoms with Crippen LogP contribution in [0.4, 0.5) is 4.39 Å². The lowest BCUT2D eigenvalue weighted by Gasteiger charge is -2.07. The predicted octanol–water partition coefficient (Wildman–Crippen LogP) is 2.72. The quantitative estimate of drug-likeness (QED) is 0.626. The van der Waals surface area contributed by atoms with Gasteiger partial charge in [0.2, 0.25) is 5.95 Å². The van der Waals surface area contributed by atoms with Crippen LogP contribution in [0.2, 0.25) is 0 Å². The van der Waals surface area contributed by atoms with Crippen molar-refractivity contribution in [3.63, 3.8) is 0 Å². The van der Waals surface area contributed by atoms with E-state index in [4.69, 9.17) is 5.26 Å². The van der Waals surface area contributed by atoms with Crippen LogP contribution in [0.3, 0.4) is 0 Å². The van der Waals surface area contributed by atoms with Crippen molar-refractivity contribution in [2.45, 2.75) is 6.92 Å². The van der Waals surface area contributed by atoms with Gasteiger partial charge in [-0.25, -0.2) is 9.97 Å². The second kappa shape index (κ2) is 4.18. The normalized spacial score (nSPS) is 10.6. The molecule has 0 unspecified atom stereocenters. The first-order chi connectivity index (χ1) is 9.19. The molecule has 3 aromatic rings. The average molecular weight is 252 g/mol. The maximum Gasteiger partial charge on any atom is 0.212 e. The molecule has 0 aliphatic carbocycles. The van der Waals surface area contributed by atoms with Crippen LogP contribution in [0.1, 0.15) is 11.3 Å². The fourth-order valence-electron chi connectivity index (χ4n) is 2.07. The van der Waals surface area contributed by atoms with Crippen molar-refractivity contribution < 1.29 is 4.39 Å². The molecule has 0 spiro atoms. The summed E-state index contributed by atoms with van der Waals surface area (Å²) in [7, 11) is 0. The first kappa shape index (κ1) is 11.4. The second-order valence-corrected chi connectivity index (χ2v) is 4.24. The van der Waals surface area contributed by atoms with E-state index in [-0.39, 0.29) is 0 Å². The zero-order valence-corrected chi connectivity index (χ0v) is 10.1. The van der Waals surface area contributed by atoms with Crippen molar-refractivity contribution in [1.29, 1.82) is 5.26 Å². The van der Waals surface area contributed by atoms with Gasteiger partial charge in [0.15, 0.2) is 0 Å². The van der Waals surface area contributed by atoms with Gasteiger partial charge in [0.25, 0.3) is 0 Å². The van der Waals surface area contributed by atoms with Gasteiger partial charge in [0.05, 0.1) is 11.9 Å². The van der Waals surface area contributed by atoms with Crippen molar-refractivity contribution >= 4 is 5.65 Å². The largest absolute Gasteiger partial charge is 0.284 e. The van der Waals surface area contributed by atoms with Gasteiger partial charge >= 0.3 is 0 Å². The highest BCUT2D eigenvalue weighted by Crippen LogP contribution is 2.23. The number of nitriles is 1. The fraction of sp³-hybridized carbons (Fsp3) is 0.0714. The summed E-state index contributed by atoms with van der Waals surface area (Å²) in [5.74, 6) is -0.529. The molecule has 3 aromatic heterocycles. The molecule has 3 rings (SSSR count). The van der Waals surface area contributed by atoms with Crippen molar-refractivity contribution in [2.24, 2.45) is 0 Å². The van der Waals surface area contributed by atoms with Crippen LogP contribution >= 0.6 is 0 Å². The third kappa shape index (κ3) is 1.83. The molecule has 0 amide bonds. The van der Waals surface area contributed by atoms with E-state index in [2.05, 4.69) is 16.0 Å². The van der Waals surface area contributed by atoms with E-state index >= 15 is 0 Å². The number of aromatic nitrogens is 3. The molecule has 19 heavy (non-hydrogen) atoms. The number of aryl methyl sites for hydroxylation is 1. The lowest BCUT2D eigenvalue weighted by Crippen LogP contribution is -1.96. The maximum atomic E-state index is 12.9. The highest BCUT2D eigenvalue weighted by atomic mass is 19.1. The van der Waals surface area contributed by atoms with Crippen molar-refractivity contribution in [2.75, 3.05) is 0 Å². The highest BCUT2D eigenvalue weighted by molar-refractivity contribution is 5.65.